The Balaban J connectivity index is 0.690. The fraction of sp³-hybridized carbons (Fsp3) is 0.609. The van der Waals surface area contributed by atoms with Gasteiger partial charge in [0.25, 0.3) is 5.56 Å². The van der Waals surface area contributed by atoms with Crippen molar-refractivity contribution in [2.75, 3.05) is 13.2 Å². The van der Waals surface area contributed by atoms with Crippen molar-refractivity contribution in [1.29, 1.82) is 0 Å². The Kier molecular flexibility index (Phi) is 17.2. The number of rotatable bonds is 21. The van der Waals surface area contributed by atoms with Crippen LogP contribution in [-0.2, 0) is 61.4 Å². The molecule has 14 nitrogen and oxygen atoms in total. The minimum atomic E-state index is -0.940. The van der Waals surface area contributed by atoms with Crippen molar-refractivity contribution in [1.82, 2.24) is 24.1 Å². The summed E-state index contributed by atoms with van der Waals surface area (Å²) in [5.74, 6) is 1.32. The Morgan fingerprint density at radius 1 is 0.723 bits per heavy atom. The summed E-state index contributed by atoms with van der Waals surface area (Å²) >= 11 is 0. The van der Waals surface area contributed by atoms with Crippen LogP contribution in [0.5, 0.6) is 0 Å². The minimum Gasteiger partial charge on any atom is -0.465 e. The molecule has 1 saturated heterocycles. The Morgan fingerprint density at radius 3 is 2.10 bits per heavy atom. The van der Waals surface area contributed by atoms with Crippen LogP contribution >= 0.6 is 0 Å². The van der Waals surface area contributed by atoms with Gasteiger partial charge in [0.15, 0.2) is 6.23 Å². The van der Waals surface area contributed by atoms with Crippen molar-refractivity contribution in [3.63, 3.8) is 0 Å². The first kappa shape index (κ1) is 59.2. The number of aliphatic hydroxyl groups is 1. The number of hydrogen-bond acceptors (Lipinski definition) is 11. The van der Waals surface area contributed by atoms with E-state index in [1.807, 2.05) is 102 Å². The fourth-order valence-electron chi connectivity index (χ4n) is 17.0. The molecule has 14 heteroatoms. The first-order valence-electron chi connectivity index (χ1n) is 31.2. The number of nitrogens with zero attached hydrogens (tertiary/aromatic N) is 5. The van der Waals surface area contributed by atoms with Gasteiger partial charge in [0.05, 0.1) is 57.3 Å². The second-order valence-electron chi connectivity index (χ2n) is 27.8. The van der Waals surface area contributed by atoms with Crippen LogP contribution in [0.4, 0.5) is 0 Å². The number of aromatic nitrogens is 5. The number of benzene rings is 3. The van der Waals surface area contributed by atoms with Crippen molar-refractivity contribution in [2.45, 2.75) is 202 Å². The number of carbonyl (C=O) groups is 1. The fourth-order valence-corrected chi connectivity index (χ4v) is 17.0. The van der Waals surface area contributed by atoms with Crippen molar-refractivity contribution in [3.05, 3.63) is 164 Å². The summed E-state index contributed by atoms with van der Waals surface area (Å²) in [5, 5.41) is 20.1. The quantitative estimate of drug-likeness (QED) is 0.0423. The van der Waals surface area contributed by atoms with Crippen LogP contribution in [0.15, 0.2) is 131 Å². The first-order chi connectivity index (χ1) is 39.8. The van der Waals surface area contributed by atoms with E-state index in [2.05, 4.69) is 64.9 Å². The zero-order valence-electron chi connectivity index (χ0n) is 50.4. The predicted molar refractivity (Wildman–Crippen MR) is 319 cm³/mol. The molecule has 83 heavy (non-hydrogen) atoms. The van der Waals surface area contributed by atoms with E-state index in [0.717, 1.165) is 93.7 Å². The van der Waals surface area contributed by atoms with Gasteiger partial charge in [0.1, 0.15) is 24.0 Å². The molecule has 0 radical (unpaired) electrons. The summed E-state index contributed by atoms with van der Waals surface area (Å²) in [6.07, 6.45) is 16.8. The Labute approximate surface area is 491 Å². The molecule has 5 aromatic rings. The third kappa shape index (κ3) is 11.6. The van der Waals surface area contributed by atoms with Gasteiger partial charge >= 0.3 is 11.7 Å². The molecule has 4 saturated carbocycles. The van der Waals surface area contributed by atoms with Crippen LogP contribution in [0, 0.1) is 50.2 Å². The molecule has 1 aliphatic heterocycles. The monoisotopic (exact) mass is 1130 g/mol. The maximum absolute atomic E-state index is 14.7. The summed E-state index contributed by atoms with van der Waals surface area (Å²) in [7, 11) is 0. The number of aliphatic hydroxyl groups excluding tert-OH is 1. The molecular weight excluding hydrogens is 1040 g/mol. The standard InChI is InChI=1S/C69H91N5O9/c1-64(2)34-36-69(37-35-67(6)52(53(69)41-64)27-28-56-66(5)32-30-57(75)65(3,4)55(66)29-33-68(56,67)7)62(77)80-40-20-9-8-19-38-72-43-51(70-71-72)46-79-47-54-59(81-44-49-23-15-11-16-24-49)60(82-45-50-25-17-12-18-26-50)61(83-54)73-39-31-58(76)74(63(73)78)42-48-21-13-10-14-22-48/h10-18,21-27,31,39,43,53-57,59-61,75H,8-9,19-20,28-30,32-38,40-42,44-47H2,1-7H3/t53-,54+,55?,56?,57-,59?,60?,61+,66-,67+,68+,69-/m0/s1. The maximum Gasteiger partial charge on any atom is 0.333 e. The van der Waals surface area contributed by atoms with Gasteiger partial charge < -0.3 is 28.8 Å². The number of fused-ring (bicyclic) bond motifs is 7. The molecule has 0 spiro atoms. The number of esters is 1. The lowest BCUT2D eigenvalue weighted by Gasteiger charge is -2.71. The van der Waals surface area contributed by atoms with Crippen molar-refractivity contribution in [3.8, 4) is 0 Å². The predicted octanol–water partition coefficient (Wildman–Crippen LogP) is 12.2. The molecule has 6 aliphatic rings. The highest BCUT2D eigenvalue weighted by molar-refractivity contribution is 5.79. The van der Waals surface area contributed by atoms with Crippen LogP contribution in [0.25, 0.3) is 0 Å². The summed E-state index contributed by atoms with van der Waals surface area (Å²) in [4.78, 5) is 42.2. The average molecular weight is 1130 g/mol. The van der Waals surface area contributed by atoms with Gasteiger partial charge in [-0.05, 0) is 145 Å². The number of ether oxygens (including phenoxy) is 5. The molecular formula is C69H91N5O9. The van der Waals surface area contributed by atoms with E-state index in [1.165, 1.54) is 34.2 Å². The van der Waals surface area contributed by atoms with Gasteiger partial charge in [-0.1, -0.05) is 163 Å². The zero-order chi connectivity index (χ0) is 58.2. The summed E-state index contributed by atoms with van der Waals surface area (Å²) in [6.45, 7) is 19.3. The van der Waals surface area contributed by atoms with E-state index in [1.54, 1.807) is 5.57 Å². The largest absolute Gasteiger partial charge is 0.465 e. The Hall–Kier alpha value is -5.51. The highest BCUT2D eigenvalue weighted by Crippen LogP contribution is 2.76. The van der Waals surface area contributed by atoms with Crippen LogP contribution in [0.1, 0.15) is 167 Å². The Morgan fingerprint density at radius 2 is 1.39 bits per heavy atom. The number of unbranched alkanes of at least 4 members (excludes halogenated alkanes) is 3. The molecule has 3 aromatic carbocycles. The molecule has 2 aromatic heterocycles. The highest BCUT2D eigenvalue weighted by Gasteiger charge is 2.69. The molecule has 11 rings (SSSR count). The van der Waals surface area contributed by atoms with Crippen molar-refractivity contribution < 1.29 is 33.6 Å². The van der Waals surface area contributed by atoms with Crippen LogP contribution in [-0.4, -0.2) is 72.8 Å². The minimum absolute atomic E-state index is 0.0350. The second kappa shape index (κ2) is 24.1. The van der Waals surface area contributed by atoms with Gasteiger partial charge in [-0.15, -0.1) is 5.10 Å². The van der Waals surface area contributed by atoms with E-state index < -0.39 is 41.2 Å². The van der Waals surface area contributed by atoms with Gasteiger partial charge in [0, 0.05) is 18.8 Å². The van der Waals surface area contributed by atoms with Crippen LogP contribution < -0.4 is 11.2 Å². The lowest BCUT2D eigenvalue weighted by molar-refractivity contribution is -0.206. The molecule has 1 N–H and O–H groups in total. The second-order valence-corrected chi connectivity index (χ2v) is 27.8. The number of aryl methyl sites for hydroxylation is 1. The number of allylic oxidation sites excluding steroid dienone is 2. The number of carbonyl (C=O) groups excluding carboxylic acids is 1. The SMILES string of the molecule is CC1(C)CC[C@]2(C(=O)OCCCCCCn3cc(COC[C@H]4O[C@@H](n5ccc(=O)n(Cc6ccccc6)c5=O)C(OCc5ccccc5)C4OCc4ccccc4)nn3)CC[C@]3(C)C(=CCC4[C@@]5(C)CC[C@H](O)C(C)(C)C5CC[C@]43C)[C@@H]2C1. The smallest absolute Gasteiger partial charge is 0.333 e. The van der Waals surface area contributed by atoms with Crippen LogP contribution in [0.2, 0.25) is 0 Å². The van der Waals surface area contributed by atoms with Gasteiger partial charge in [-0.25, -0.2) is 4.79 Å². The summed E-state index contributed by atoms with van der Waals surface area (Å²) in [5.41, 5.74) is 4.06. The van der Waals surface area contributed by atoms with Gasteiger partial charge in [-0.3, -0.25) is 23.4 Å². The highest BCUT2D eigenvalue weighted by atomic mass is 16.6. The van der Waals surface area contributed by atoms with E-state index in [0.29, 0.717) is 30.7 Å². The summed E-state index contributed by atoms with van der Waals surface area (Å²) < 4.78 is 37.3. The third-order valence-corrected chi connectivity index (χ3v) is 22.1. The van der Waals surface area contributed by atoms with E-state index in [4.69, 9.17) is 23.7 Å². The average Bonchev–Trinajstić information content (AvgIpc) is 1.24. The molecule has 4 unspecified atom stereocenters. The summed E-state index contributed by atoms with van der Waals surface area (Å²) in [6, 6.07) is 30.5. The van der Waals surface area contributed by atoms with E-state index in [9.17, 15) is 19.5 Å². The molecule has 3 heterocycles. The molecule has 446 valence electrons. The topological polar surface area (TPSA) is 158 Å². The molecule has 0 amide bonds. The van der Waals surface area contributed by atoms with Crippen molar-refractivity contribution in [2.24, 2.45) is 50.2 Å². The molecule has 0 bridgehead atoms. The lowest BCUT2D eigenvalue weighted by Crippen LogP contribution is -2.65. The van der Waals surface area contributed by atoms with E-state index >= 15 is 0 Å². The van der Waals surface area contributed by atoms with E-state index in [-0.39, 0.29) is 78.0 Å². The lowest BCUT2D eigenvalue weighted by atomic mass is 9.33. The molecule has 5 fully saturated rings. The molecule has 5 aliphatic carbocycles. The maximum atomic E-state index is 14.7. The Bertz CT molecular complexity index is 3180. The van der Waals surface area contributed by atoms with Crippen molar-refractivity contribution >= 4 is 5.97 Å². The van der Waals surface area contributed by atoms with Gasteiger partial charge in [-0.2, -0.15) is 0 Å². The zero-order valence-corrected chi connectivity index (χ0v) is 50.4. The van der Waals surface area contributed by atoms with Gasteiger partial charge in [0.2, 0.25) is 0 Å². The third-order valence-electron chi connectivity index (χ3n) is 22.1. The normalized spacial score (nSPS) is 32.4. The van der Waals surface area contributed by atoms with Crippen LogP contribution in [0.3, 0.4) is 0 Å². The first-order valence-corrected chi connectivity index (χ1v) is 31.2. The number of hydrogen-bond donors (Lipinski definition) is 1. The molecule has 12 atom stereocenters.